The van der Waals surface area contributed by atoms with Crippen molar-refractivity contribution in [1.82, 2.24) is 0 Å². The lowest BCUT2D eigenvalue weighted by atomic mass is 9.43. The summed E-state index contributed by atoms with van der Waals surface area (Å²) in [6, 6.07) is 9.12. The Labute approximate surface area is 136 Å². The molecule has 2 N–H and O–H groups in total. The summed E-state index contributed by atoms with van der Waals surface area (Å²) in [7, 11) is 0. The second-order valence-electron chi connectivity index (χ2n) is 7.45. The zero-order valence-corrected chi connectivity index (χ0v) is 14.1. The van der Waals surface area contributed by atoms with Crippen LogP contribution in [0.15, 0.2) is 28.7 Å². The van der Waals surface area contributed by atoms with Gasteiger partial charge in [0.1, 0.15) is 0 Å². The van der Waals surface area contributed by atoms with Gasteiger partial charge in [0.15, 0.2) is 0 Å². The first kappa shape index (κ1) is 14.9. The highest BCUT2D eigenvalue weighted by atomic mass is 79.9. The standard InChI is InChI=1S/C17H22BrN.ClH/c18-15-3-1-14(2-4-15)17-8-12-5-13(9-17)7-16(6-12,10-17)11-19;/h1-4,12-13H,5-11,19H2;1H/p-1. The van der Waals surface area contributed by atoms with Crippen LogP contribution in [0, 0.1) is 17.3 Å². The van der Waals surface area contributed by atoms with E-state index in [1.165, 1.54) is 43.0 Å². The van der Waals surface area contributed by atoms with Crippen molar-refractivity contribution in [3.63, 3.8) is 0 Å². The van der Waals surface area contributed by atoms with Gasteiger partial charge >= 0.3 is 0 Å². The molecule has 3 heteroatoms. The Kier molecular flexibility index (Phi) is 3.72. The number of rotatable bonds is 2. The van der Waals surface area contributed by atoms with Crippen LogP contribution < -0.4 is 18.1 Å². The average molecular weight is 356 g/mol. The number of hydrogen-bond donors (Lipinski definition) is 1. The van der Waals surface area contributed by atoms with E-state index in [1.54, 1.807) is 5.56 Å². The first-order valence-corrected chi connectivity index (χ1v) is 8.39. The minimum atomic E-state index is 0. The highest BCUT2D eigenvalue weighted by molar-refractivity contribution is 9.10. The molecule has 4 saturated carbocycles. The third-order valence-corrected chi connectivity index (χ3v) is 6.60. The molecule has 5 rings (SSSR count). The molecule has 0 aromatic heterocycles. The SMILES string of the molecule is NCC12CC3CC(C1)CC(c1ccc(Br)cc1)(C3)C2.[Cl-]. The lowest BCUT2D eigenvalue weighted by Gasteiger charge is -2.62. The lowest BCUT2D eigenvalue weighted by Crippen LogP contribution is -3.00. The van der Waals surface area contributed by atoms with E-state index in [0.717, 1.165) is 18.4 Å². The van der Waals surface area contributed by atoms with Crippen LogP contribution in [-0.2, 0) is 5.41 Å². The molecule has 1 nitrogen and oxygen atoms in total. The lowest BCUT2D eigenvalue weighted by molar-refractivity contribution is -0.0667. The Morgan fingerprint density at radius 3 is 2.20 bits per heavy atom. The summed E-state index contributed by atoms with van der Waals surface area (Å²) in [6.07, 6.45) is 8.43. The summed E-state index contributed by atoms with van der Waals surface area (Å²) in [4.78, 5) is 0. The summed E-state index contributed by atoms with van der Waals surface area (Å²) in [5.74, 6) is 1.88. The average Bonchev–Trinajstić information content (AvgIpc) is 2.38. The minimum absolute atomic E-state index is 0. The molecule has 0 amide bonds. The number of benzene rings is 1. The van der Waals surface area contributed by atoms with Gasteiger partial charge in [0.2, 0.25) is 0 Å². The second kappa shape index (κ2) is 5.00. The van der Waals surface area contributed by atoms with Crippen molar-refractivity contribution in [3.8, 4) is 0 Å². The Balaban J connectivity index is 0.00000121. The van der Waals surface area contributed by atoms with Gasteiger partial charge in [-0.3, -0.25) is 0 Å². The quantitative estimate of drug-likeness (QED) is 0.849. The molecule has 0 radical (unpaired) electrons. The molecule has 0 spiro atoms. The van der Waals surface area contributed by atoms with Gasteiger partial charge in [0.05, 0.1) is 0 Å². The van der Waals surface area contributed by atoms with Crippen LogP contribution in [0.5, 0.6) is 0 Å². The van der Waals surface area contributed by atoms with Crippen LogP contribution in [0.2, 0.25) is 0 Å². The van der Waals surface area contributed by atoms with Crippen molar-refractivity contribution in [2.24, 2.45) is 23.0 Å². The van der Waals surface area contributed by atoms with Crippen molar-refractivity contribution in [3.05, 3.63) is 34.3 Å². The number of halogens is 2. The van der Waals surface area contributed by atoms with E-state index in [0.29, 0.717) is 10.8 Å². The number of nitrogens with two attached hydrogens (primary N) is 1. The van der Waals surface area contributed by atoms with Gasteiger partial charge in [-0.25, -0.2) is 0 Å². The molecule has 0 heterocycles. The maximum absolute atomic E-state index is 6.18. The summed E-state index contributed by atoms with van der Waals surface area (Å²) in [5, 5.41) is 0. The van der Waals surface area contributed by atoms with Crippen LogP contribution >= 0.6 is 15.9 Å². The van der Waals surface area contributed by atoms with E-state index in [2.05, 4.69) is 40.2 Å². The molecule has 4 aliphatic rings. The maximum Gasteiger partial charge on any atom is 0.0175 e. The second-order valence-corrected chi connectivity index (χ2v) is 8.37. The predicted molar refractivity (Wildman–Crippen MR) is 82.0 cm³/mol. The first-order chi connectivity index (χ1) is 9.13. The van der Waals surface area contributed by atoms with Gasteiger partial charge in [0, 0.05) is 4.47 Å². The summed E-state index contributed by atoms with van der Waals surface area (Å²) in [5.41, 5.74) is 8.67. The molecule has 1 aromatic rings. The van der Waals surface area contributed by atoms with Crippen LogP contribution in [0.25, 0.3) is 0 Å². The van der Waals surface area contributed by atoms with Crippen LogP contribution in [0.3, 0.4) is 0 Å². The number of hydrogen-bond acceptors (Lipinski definition) is 1. The molecule has 0 saturated heterocycles. The molecule has 4 fully saturated rings. The fourth-order valence-corrected chi connectivity index (χ4v) is 6.10. The van der Waals surface area contributed by atoms with Gasteiger partial charge < -0.3 is 18.1 Å². The van der Waals surface area contributed by atoms with E-state index in [1.807, 2.05) is 0 Å². The van der Waals surface area contributed by atoms with Gasteiger partial charge in [-0.2, -0.15) is 0 Å². The zero-order valence-electron chi connectivity index (χ0n) is 11.7. The normalized spacial score (nSPS) is 41.5. The molecule has 20 heavy (non-hydrogen) atoms. The third-order valence-electron chi connectivity index (χ3n) is 6.07. The van der Waals surface area contributed by atoms with Gasteiger partial charge in [-0.05, 0) is 85.4 Å². The predicted octanol–water partition coefficient (Wildman–Crippen LogP) is 1.25. The summed E-state index contributed by atoms with van der Waals surface area (Å²) < 4.78 is 1.19. The molecule has 110 valence electrons. The van der Waals surface area contributed by atoms with E-state index in [9.17, 15) is 0 Å². The topological polar surface area (TPSA) is 26.0 Å². The van der Waals surface area contributed by atoms with E-state index in [4.69, 9.17) is 5.73 Å². The summed E-state index contributed by atoms with van der Waals surface area (Å²) >= 11 is 3.56. The van der Waals surface area contributed by atoms with Crippen LogP contribution in [0.1, 0.15) is 44.1 Å². The van der Waals surface area contributed by atoms with Crippen molar-refractivity contribution < 1.29 is 12.4 Å². The minimum Gasteiger partial charge on any atom is -1.00 e. The van der Waals surface area contributed by atoms with E-state index >= 15 is 0 Å². The largest absolute Gasteiger partial charge is 1.00 e. The van der Waals surface area contributed by atoms with Crippen molar-refractivity contribution in [2.45, 2.75) is 43.9 Å². The van der Waals surface area contributed by atoms with Crippen LogP contribution in [0.4, 0.5) is 0 Å². The zero-order chi connectivity index (χ0) is 13.1. The Morgan fingerprint density at radius 2 is 1.65 bits per heavy atom. The molecule has 0 aliphatic heterocycles. The van der Waals surface area contributed by atoms with Gasteiger partial charge in [-0.15, -0.1) is 0 Å². The maximum atomic E-state index is 6.18. The Bertz CT molecular complexity index is 484. The van der Waals surface area contributed by atoms with Crippen LogP contribution in [-0.4, -0.2) is 6.54 Å². The molecule has 1 aromatic carbocycles. The Morgan fingerprint density at radius 1 is 1.05 bits per heavy atom. The summed E-state index contributed by atoms with van der Waals surface area (Å²) in [6.45, 7) is 0.901. The smallest absolute Gasteiger partial charge is 0.0175 e. The first-order valence-electron chi connectivity index (χ1n) is 7.59. The van der Waals surface area contributed by atoms with E-state index < -0.39 is 0 Å². The molecule has 4 aliphatic carbocycles. The molecule has 2 atom stereocenters. The fraction of sp³-hybridized carbons (Fsp3) is 0.647. The van der Waals surface area contributed by atoms with Crippen molar-refractivity contribution in [2.75, 3.05) is 6.54 Å². The van der Waals surface area contributed by atoms with Crippen molar-refractivity contribution in [1.29, 1.82) is 0 Å². The molecule has 2 unspecified atom stereocenters. The highest BCUT2D eigenvalue weighted by Gasteiger charge is 2.57. The third kappa shape index (κ3) is 2.15. The highest BCUT2D eigenvalue weighted by Crippen LogP contribution is 2.65. The monoisotopic (exact) mass is 354 g/mol. The molecular formula is C17H22BrClN-. The van der Waals surface area contributed by atoms with Crippen molar-refractivity contribution >= 4 is 15.9 Å². The van der Waals surface area contributed by atoms with Gasteiger partial charge in [-0.1, -0.05) is 28.1 Å². The van der Waals surface area contributed by atoms with E-state index in [-0.39, 0.29) is 12.4 Å². The fourth-order valence-electron chi connectivity index (χ4n) is 5.83. The Hall–Kier alpha value is -0.0500. The molecular weight excluding hydrogens is 334 g/mol. The van der Waals surface area contributed by atoms with Gasteiger partial charge in [0.25, 0.3) is 0 Å². The molecule has 4 bridgehead atoms.